The number of fused-ring (bicyclic) bond motifs is 3. The van der Waals surface area contributed by atoms with Crippen LogP contribution in [0.25, 0.3) is 0 Å². The van der Waals surface area contributed by atoms with Crippen LogP contribution in [0.15, 0.2) is 12.2 Å². The maximum Gasteiger partial charge on any atom is 0.187 e. The van der Waals surface area contributed by atoms with Crippen molar-refractivity contribution in [3.8, 4) is 0 Å². The molecule has 17 atom stereocenters. The van der Waals surface area contributed by atoms with Crippen molar-refractivity contribution in [3.05, 3.63) is 12.2 Å². The third-order valence-corrected chi connectivity index (χ3v) is 11.9. The molecule has 8 N–H and O–H groups in total. The maximum atomic E-state index is 11.2. The first-order valence-electron chi connectivity index (χ1n) is 15.8. The highest BCUT2D eigenvalue weighted by molar-refractivity contribution is 5.16. The number of hydrogen-bond acceptors (Lipinski definition) is 12. The Bertz CT molecular complexity index is 994. The van der Waals surface area contributed by atoms with E-state index in [2.05, 4.69) is 27.4 Å². The normalized spacial score (nSPS) is 53.2. The largest absolute Gasteiger partial charge is 0.394 e. The van der Waals surface area contributed by atoms with E-state index in [1.807, 2.05) is 0 Å². The summed E-state index contributed by atoms with van der Waals surface area (Å²) in [5, 5.41) is 83.4. The predicted octanol–water partition coefficient (Wildman–Crippen LogP) is -0.579. The summed E-state index contributed by atoms with van der Waals surface area (Å²) in [5.74, 6) is 0.509. The Morgan fingerprint density at radius 2 is 1.51 bits per heavy atom. The average molecular weight is 617 g/mol. The van der Waals surface area contributed by atoms with Crippen molar-refractivity contribution >= 4 is 0 Å². The van der Waals surface area contributed by atoms with Crippen molar-refractivity contribution in [2.45, 2.75) is 133 Å². The van der Waals surface area contributed by atoms with E-state index in [1.54, 1.807) is 0 Å². The first-order valence-corrected chi connectivity index (χ1v) is 15.8. The molecule has 43 heavy (non-hydrogen) atoms. The van der Waals surface area contributed by atoms with Gasteiger partial charge in [0.05, 0.1) is 31.5 Å². The molecule has 2 aliphatic heterocycles. The van der Waals surface area contributed by atoms with Crippen molar-refractivity contribution in [3.63, 3.8) is 0 Å². The van der Waals surface area contributed by atoms with Gasteiger partial charge < -0.3 is 59.8 Å². The van der Waals surface area contributed by atoms with Gasteiger partial charge in [0.2, 0.25) is 0 Å². The Labute approximate surface area is 253 Å². The van der Waals surface area contributed by atoms with Gasteiger partial charge in [-0.3, -0.25) is 0 Å². The lowest BCUT2D eigenvalue weighted by Gasteiger charge is -2.61. The molecule has 0 unspecified atom stereocenters. The van der Waals surface area contributed by atoms with E-state index in [1.165, 1.54) is 6.92 Å². The van der Waals surface area contributed by atoms with Crippen LogP contribution in [0.2, 0.25) is 0 Å². The van der Waals surface area contributed by atoms with Crippen LogP contribution in [0, 0.1) is 34.5 Å². The molecule has 3 aliphatic carbocycles. The zero-order valence-corrected chi connectivity index (χ0v) is 25.6. The zero-order valence-electron chi connectivity index (χ0n) is 25.6. The highest BCUT2D eigenvalue weighted by atomic mass is 16.8. The topological polar surface area (TPSA) is 199 Å². The number of ether oxygens (including phenoxy) is 4. The molecule has 0 aromatic rings. The molecule has 0 spiro atoms. The molecule has 2 heterocycles. The lowest BCUT2D eigenvalue weighted by molar-refractivity contribution is -0.375. The molecule has 248 valence electrons. The van der Waals surface area contributed by atoms with Crippen LogP contribution in [0.4, 0.5) is 0 Å². The summed E-state index contributed by atoms with van der Waals surface area (Å²) in [7, 11) is 0. The Balaban J connectivity index is 1.36. The van der Waals surface area contributed by atoms with Crippen LogP contribution < -0.4 is 0 Å². The van der Waals surface area contributed by atoms with E-state index >= 15 is 0 Å². The fraction of sp³-hybridized carbons (Fsp3) is 0.935. The number of hydrogen-bond donors (Lipinski definition) is 8. The highest BCUT2D eigenvalue weighted by Gasteiger charge is 2.62. The summed E-state index contributed by atoms with van der Waals surface area (Å²) in [6, 6.07) is 0. The zero-order chi connectivity index (χ0) is 31.6. The van der Waals surface area contributed by atoms with E-state index < -0.39 is 74.1 Å². The number of aliphatic hydroxyl groups excluding tert-OH is 8. The van der Waals surface area contributed by atoms with Gasteiger partial charge in [-0.25, -0.2) is 0 Å². The van der Waals surface area contributed by atoms with E-state index in [0.717, 1.165) is 25.7 Å². The molecule has 12 nitrogen and oxygen atoms in total. The first kappa shape index (κ1) is 33.6. The number of rotatable bonds is 7. The minimum Gasteiger partial charge on any atom is -0.394 e. The van der Waals surface area contributed by atoms with Crippen molar-refractivity contribution in [2.75, 3.05) is 13.2 Å². The summed E-state index contributed by atoms with van der Waals surface area (Å²) in [6.07, 6.45) is -10.6. The first-order chi connectivity index (χ1) is 20.2. The van der Waals surface area contributed by atoms with Crippen molar-refractivity contribution in [2.24, 2.45) is 34.5 Å². The van der Waals surface area contributed by atoms with Crippen LogP contribution in [0.1, 0.15) is 59.8 Å². The smallest absolute Gasteiger partial charge is 0.187 e. The van der Waals surface area contributed by atoms with Crippen molar-refractivity contribution in [1.29, 1.82) is 0 Å². The van der Waals surface area contributed by atoms with Gasteiger partial charge in [0.1, 0.15) is 42.7 Å². The molecule has 0 amide bonds. The second-order valence-corrected chi connectivity index (χ2v) is 14.5. The molecule has 5 aliphatic rings. The summed E-state index contributed by atoms with van der Waals surface area (Å²) >= 11 is 0. The second kappa shape index (κ2) is 12.5. The quantitative estimate of drug-likeness (QED) is 0.134. The Morgan fingerprint density at radius 1 is 0.814 bits per heavy atom. The van der Waals surface area contributed by atoms with Crippen molar-refractivity contribution in [1.82, 2.24) is 0 Å². The molecule has 5 fully saturated rings. The summed E-state index contributed by atoms with van der Waals surface area (Å²) < 4.78 is 24.1. The lowest BCUT2D eigenvalue weighted by Crippen LogP contribution is -2.65. The van der Waals surface area contributed by atoms with Gasteiger partial charge in [0.15, 0.2) is 12.6 Å². The second-order valence-electron chi connectivity index (χ2n) is 14.5. The molecule has 0 bridgehead atoms. The number of aliphatic hydroxyl groups is 8. The molecule has 0 radical (unpaired) electrons. The minimum atomic E-state index is -1.64. The average Bonchev–Trinajstić information content (AvgIpc) is 3.32. The maximum absolute atomic E-state index is 11.2. The summed E-state index contributed by atoms with van der Waals surface area (Å²) in [4.78, 5) is 0. The Kier molecular flexibility index (Phi) is 9.74. The standard InChI is InChI=1S/C31H52O12/c1-13(11-32)16-10-17-15(22(16)35)6-7-19-30(3,4)20(8-9-31(17,19)5)42-29-27(25(38)23(36)18(12-33)41-29)43-28-26(39)24(37)21(34)14(2)40-28/h14-29,32-39H,1,6-12H2,2-5H3/t14-,15+,16+,17+,18+,19-,20-,21-,22+,23+,24+,25-,26+,27+,28-,29-,31+/m0/s1. The van der Waals surface area contributed by atoms with Gasteiger partial charge >= 0.3 is 0 Å². The predicted molar refractivity (Wildman–Crippen MR) is 151 cm³/mol. The van der Waals surface area contributed by atoms with Crippen LogP contribution in [-0.2, 0) is 18.9 Å². The van der Waals surface area contributed by atoms with Crippen LogP contribution in [-0.4, -0.2) is 128 Å². The van der Waals surface area contributed by atoms with Gasteiger partial charge in [-0.1, -0.05) is 27.4 Å². The third kappa shape index (κ3) is 5.63. The van der Waals surface area contributed by atoms with Crippen LogP contribution >= 0.6 is 0 Å². The molecular formula is C31H52O12. The molecule has 0 aromatic carbocycles. The fourth-order valence-electron chi connectivity index (χ4n) is 9.34. The molecular weight excluding hydrogens is 564 g/mol. The minimum absolute atomic E-state index is 0.0857. The SMILES string of the molecule is C=C(CO)[C@H]1C[C@@H]2[C@@H](CC[C@H]3C(C)(C)[C@@H](O[C@@H]4O[C@H](CO)[C@@H](O)[C@H](O)[C@H]4O[C@@H]4O[C@@H](C)[C@H](O)[C@@H](O)[C@H]4O)CC[C@]23C)[C@H]1O. The lowest BCUT2D eigenvalue weighted by atomic mass is 9.46. The highest BCUT2D eigenvalue weighted by Crippen LogP contribution is 2.66. The Morgan fingerprint density at radius 3 is 2.16 bits per heavy atom. The third-order valence-electron chi connectivity index (χ3n) is 11.9. The van der Waals surface area contributed by atoms with Crippen molar-refractivity contribution < 1.29 is 59.8 Å². The van der Waals surface area contributed by atoms with Gasteiger partial charge in [0, 0.05) is 5.92 Å². The molecule has 12 heteroatoms. The van der Waals surface area contributed by atoms with Gasteiger partial charge in [-0.2, -0.15) is 0 Å². The van der Waals surface area contributed by atoms with E-state index in [0.29, 0.717) is 12.0 Å². The molecule has 5 rings (SSSR count). The van der Waals surface area contributed by atoms with Crippen LogP contribution in [0.3, 0.4) is 0 Å². The molecule has 0 aromatic heterocycles. The summed E-state index contributed by atoms with van der Waals surface area (Å²) in [5.41, 5.74) is 0.216. The van der Waals surface area contributed by atoms with Crippen LogP contribution in [0.5, 0.6) is 0 Å². The van der Waals surface area contributed by atoms with E-state index in [9.17, 15) is 40.9 Å². The van der Waals surface area contributed by atoms with E-state index in [4.69, 9.17) is 18.9 Å². The van der Waals surface area contributed by atoms with Gasteiger partial charge in [0.25, 0.3) is 0 Å². The Hall–Kier alpha value is -0.740. The molecule has 3 saturated carbocycles. The van der Waals surface area contributed by atoms with Gasteiger partial charge in [-0.15, -0.1) is 0 Å². The van der Waals surface area contributed by atoms with Gasteiger partial charge in [-0.05, 0) is 73.2 Å². The monoisotopic (exact) mass is 616 g/mol. The van der Waals surface area contributed by atoms with E-state index in [-0.39, 0.29) is 47.2 Å². The summed E-state index contributed by atoms with van der Waals surface area (Å²) in [6.45, 7) is 11.4. The fourth-order valence-corrected chi connectivity index (χ4v) is 9.34. The molecule has 2 saturated heterocycles.